The molecule has 0 amide bonds. The van der Waals surface area contributed by atoms with Crippen LogP contribution < -0.4 is 5.73 Å². The van der Waals surface area contributed by atoms with Crippen LogP contribution in [-0.4, -0.2) is 12.0 Å². The summed E-state index contributed by atoms with van der Waals surface area (Å²) < 4.78 is 4.97. The van der Waals surface area contributed by atoms with Gasteiger partial charge in [0.1, 0.15) is 12.6 Å². The molecule has 0 radical (unpaired) electrons. The van der Waals surface area contributed by atoms with Gasteiger partial charge in [-0.1, -0.05) is 29.8 Å². The number of ether oxygens (including phenoxy) is 1. The average Bonchev–Trinajstić information content (AvgIpc) is 2.16. The number of carbonyl (C=O) groups excluding carboxylic acids is 1. The van der Waals surface area contributed by atoms with E-state index in [-0.39, 0.29) is 5.97 Å². The molecule has 0 aliphatic carbocycles. The van der Waals surface area contributed by atoms with Crippen LogP contribution in [-0.2, 0) is 16.1 Å². The van der Waals surface area contributed by atoms with E-state index in [1.54, 1.807) is 6.92 Å². The summed E-state index contributed by atoms with van der Waals surface area (Å²) in [6, 6.07) is 7.28. The number of carbonyl (C=O) groups is 1. The molecule has 1 aromatic carbocycles. The summed E-state index contributed by atoms with van der Waals surface area (Å²) in [5.41, 5.74) is 7.51. The number of esters is 1. The Labute approximate surface area is 83.9 Å². The van der Waals surface area contributed by atoms with Crippen molar-refractivity contribution in [3.05, 3.63) is 35.4 Å². The van der Waals surface area contributed by atoms with E-state index in [1.807, 2.05) is 31.2 Å². The van der Waals surface area contributed by atoms with Crippen molar-refractivity contribution in [1.29, 1.82) is 0 Å². The molecule has 0 spiro atoms. The first-order valence-corrected chi connectivity index (χ1v) is 4.57. The zero-order valence-electron chi connectivity index (χ0n) is 8.49. The van der Waals surface area contributed by atoms with Crippen molar-refractivity contribution >= 4 is 5.97 Å². The van der Waals surface area contributed by atoms with Crippen LogP contribution in [0.4, 0.5) is 0 Å². The van der Waals surface area contributed by atoms with Gasteiger partial charge in [-0.15, -0.1) is 0 Å². The second-order valence-electron chi connectivity index (χ2n) is 3.38. The number of nitrogens with two attached hydrogens (primary N) is 1. The van der Waals surface area contributed by atoms with E-state index in [1.165, 1.54) is 5.56 Å². The molecule has 0 unspecified atom stereocenters. The Kier molecular flexibility index (Phi) is 3.65. The smallest absolute Gasteiger partial charge is 0.322 e. The molecule has 0 saturated carbocycles. The summed E-state index contributed by atoms with van der Waals surface area (Å²) in [6.07, 6.45) is 0. The van der Waals surface area contributed by atoms with Crippen LogP contribution in [0.3, 0.4) is 0 Å². The standard InChI is InChI=1S/C11H15NO2/c1-8-3-5-10(6-4-8)7-14-11(13)9(2)12/h3-6,9H,7,12H2,1-2H3/t9-/m0/s1. The molecule has 0 saturated heterocycles. The van der Waals surface area contributed by atoms with Gasteiger partial charge in [-0.05, 0) is 19.4 Å². The van der Waals surface area contributed by atoms with Crippen molar-refractivity contribution in [1.82, 2.24) is 0 Å². The van der Waals surface area contributed by atoms with Crippen molar-refractivity contribution in [2.24, 2.45) is 5.73 Å². The predicted molar refractivity (Wildman–Crippen MR) is 54.6 cm³/mol. The summed E-state index contributed by atoms with van der Waals surface area (Å²) in [7, 11) is 0. The first-order valence-electron chi connectivity index (χ1n) is 4.57. The zero-order valence-corrected chi connectivity index (χ0v) is 8.49. The third-order valence-corrected chi connectivity index (χ3v) is 1.87. The van der Waals surface area contributed by atoms with Gasteiger partial charge in [-0.25, -0.2) is 0 Å². The maximum absolute atomic E-state index is 11.0. The van der Waals surface area contributed by atoms with E-state index in [2.05, 4.69) is 0 Å². The molecule has 0 aromatic heterocycles. The van der Waals surface area contributed by atoms with Gasteiger partial charge >= 0.3 is 5.97 Å². The fourth-order valence-corrected chi connectivity index (χ4v) is 0.970. The topological polar surface area (TPSA) is 52.3 Å². The molecule has 76 valence electrons. The molecule has 14 heavy (non-hydrogen) atoms. The minimum atomic E-state index is -0.555. The highest BCUT2D eigenvalue weighted by Gasteiger charge is 2.08. The summed E-state index contributed by atoms with van der Waals surface area (Å²) in [5.74, 6) is -0.370. The predicted octanol–water partition coefficient (Wildman–Crippen LogP) is 1.39. The molecule has 1 rings (SSSR count). The highest BCUT2D eigenvalue weighted by Crippen LogP contribution is 2.04. The van der Waals surface area contributed by atoms with E-state index in [9.17, 15) is 4.79 Å². The van der Waals surface area contributed by atoms with Crippen LogP contribution in [0.2, 0.25) is 0 Å². The maximum Gasteiger partial charge on any atom is 0.322 e. The van der Waals surface area contributed by atoms with Crippen molar-refractivity contribution in [2.45, 2.75) is 26.5 Å². The fourth-order valence-electron chi connectivity index (χ4n) is 0.970. The lowest BCUT2D eigenvalue weighted by Gasteiger charge is -2.07. The largest absolute Gasteiger partial charge is 0.460 e. The van der Waals surface area contributed by atoms with E-state index in [4.69, 9.17) is 10.5 Å². The van der Waals surface area contributed by atoms with E-state index in [0.717, 1.165) is 5.56 Å². The van der Waals surface area contributed by atoms with Gasteiger partial charge in [0.2, 0.25) is 0 Å². The fraction of sp³-hybridized carbons (Fsp3) is 0.364. The summed E-state index contributed by atoms with van der Waals surface area (Å²) in [6.45, 7) is 3.91. The molecular weight excluding hydrogens is 178 g/mol. The lowest BCUT2D eigenvalue weighted by atomic mass is 10.2. The highest BCUT2D eigenvalue weighted by atomic mass is 16.5. The second kappa shape index (κ2) is 4.77. The van der Waals surface area contributed by atoms with Gasteiger partial charge in [0.15, 0.2) is 0 Å². The minimum absolute atomic E-state index is 0.292. The van der Waals surface area contributed by atoms with Crippen molar-refractivity contribution < 1.29 is 9.53 Å². The van der Waals surface area contributed by atoms with Crippen molar-refractivity contribution in [3.63, 3.8) is 0 Å². The molecule has 0 aliphatic heterocycles. The summed E-state index contributed by atoms with van der Waals surface area (Å²) >= 11 is 0. The van der Waals surface area contributed by atoms with Crippen LogP contribution in [0.25, 0.3) is 0 Å². The lowest BCUT2D eigenvalue weighted by Crippen LogP contribution is -2.28. The van der Waals surface area contributed by atoms with Crippen LogP contribution in [0.5, 0.6) is 0 Å². The van der Waals surface area contributed by atoms with Gasteiger partial charge < -0.3 is 10.5 Å². The van der Waals surface area contributed by atoms with Gasteiger partial charge in [-0.2, -0.15) is 0 Å². The number of hydrogen-bond acceptors (Lipinski definition) is 3. The third kappa shape index (κ3) is 3.18. The van der Waals surface area contributed by atoms with Gasteiger partial charge in [-0.3, -0.25) is 4.79 Å². The molecule has 1 aromatic rings. The van der Waals surface area contributed by atoms with Gasteiger partial charge in [0.05, 0.1) is 0 Å². The molecule has 1 atom stereocenters. The second-order valence-corrected chi connectivity index (χ2v) is 3.38. The minimum Gasteiger partial charge on any atom is -0.460 e. The van der Waals surface area contributed by atoms with Crippen LogP contribution in [0, 0.1) is 6.92 Å². The van der Waals surface area contributed by atoms with Gasteiger partial charge in [0, 0.05) is 0 Å². The molecular formula is C11H15NO2. The van der Waals surface area contributed by atoms with Crippen LogP contribution in [0.1, 0.15) is 18.1 Å². The lowest BCUT2D eigenvalue weighted by molar-refractivity contribution is -0.146. The molecule has 3 heteroatoms. The molecule has 3 nitrogen and oxygen atoms in total. The maximum atomic E-state index is 11.0. The highest BCUT2D eigenvalue weighted by molar-refractivity contribution is 5.74. The first-order chi connectivity index (χ1) is 6.59. The Balaban J connectivity index is 2.46. The number of benzene rings is 1. The van der Waals surface area contributed by atoms with E-state index >= 15 is 0 Å². The molecule has 2 N–H and O–H groups in total. The van der Waals surface area contributed by atoms with Crippen LogP contribution in [0.15, 0.2) is 24.3 Å². The van der Waals surface area contributed by atoms with E-state index in [0.29, 0.717) is 6.61 Å². The number of aryl methyl sites for hydroxylation is 1. The molecule has 0 heterocycles. The van der Waals surface area contributed by atoms with Crippen molar-refractivity contribution in [3.8, 4) is 0 Å². The number of hydrogen-bond donors (Lipinski definition) is 1. The van der Waals surface area contributed by atoms with Crippen molar-refractivity contribution in [2.75, 3.05) is 0 Å². The van der Waals surface area contributed by atoms with Crippen LogP contribution >= 0.6 is 0 Å². The van der Waals surface area contributed by atoms with E-state index < -0.39 is 6.04 Å². The third-order valence-electron chi connectivity index (χ3n) is 1.87. The Hall–Kier alpha value is -1.35. The Morgan fingerprint density at radius 3 is 2.50 bits per heavy atom. The molecule has 0 aliphatic rings. The quantitative estimate of drug-likeness (QED) is 0.738. The monoisotopic (exact) mass is 193 g/mol. The Morgan fingerprint density at radius 2 is 2.00 bits per heavy atom. The Morgan fingerprint density at radius 1 is 1.43 bits per heavy atom. The average molecular weight is 193 g/mol. The normalized spacial score (nSPS) is 12.2. The zero-order chi connectivity index (χ0) is 10.6. The summed E-state index contributed by atoms with van der Waals surface area (Å²) in [5, 5.41) is 0. The Bertz CT molecular complexity index is 304. The molecule has 0 fully saturated rings. The first kappa shape index (κ1) is 10.7. The SMILES string of the molecule is Cc1ccc(COC(=O)[C@H](C)N)cc1. The molecule has 0 bridgehead atoms. The number of rotatable bonds is 3. The van der Waals surface area contributed by atoms with Gasteiger partial charge in [0.25, 0.3) is 0 Å². The summed E-state index contributed by atoms with van der Waals surface area (Å²) in [4.78, 5) is 11.0.